The Bertz CT molecular complexity index is 1060. The van der Waals surface area contributed by atoms with Gasteiger partial charge in [0.25, 0.3) is 5.91 Å². The Kier molecular flexibility index (Phi) is 7.10. The Labute approximate surface area is 185 Å². The van der Waals surface area contributed by atoms with Gasteiger partial charge < -0.3 is 5.32 Å². The summed E-state index contributed by atoms with van der Waals surface area (Å²) < 4.78 is 38.8. The molecule has 2 amide bonds. The second-order valence-electron chi connectivity index (χ2n) is 5.72. The van der Waals surface area contributed by atoms with Crippen LogP contribution in [0.3, 0.4) is 0 Å². The predicted octanol–water partition coefficient (Wildman–Crippen LogP) is 5.30. The van der Waals surface area contributed by atoms with E-state index in [4.69, 9.17) is 0 Å². The van der Waals surface area contributed by atoms with E-state index < -0.39 is 17.6 Å². The standard InChI is InChI=1S/C18H12BrF3N4O2S2/c19-13-4-2-1-3-12(13)15(28)24-16-25-26-17(30-16)29-9-14(27)23-11-7-5-10(6-8-11)18(20,21)22/h1-8H,9H2,(H,23,27)(H,24,25,28). The summed E-state index contributed by atoms with van der Waals surface area (Å²) in [7, 11) is 0. The molecule has 3 rings (SSSR count). The van der Waals surface area contributed by atoms with Crippen molar-refractivity contribution >= 4 is 61.7 Å². The summed E-state index contributed by atoms with van der Waals surface area (Å²) in [5.41, 5.74) is -0.0917. The molecule has 0 spiro atoms. The fourth-order valence-corrected chi connectivity index (χ4v) is 4.21. The SMILES string of the molecule is O=C(CSc1nnc(NC(=O)c2ccccc2Br)s1)Nc1ccc(C(F)(F)F)cc1. The molecule has 0 bridgehead atoms. The molecule has 0 saturated heterocycles. The van der Waals surface area contributed by atoms with Gasteiger partial charge in [0.15, 0.2) is 4.34 Å². The van der Waals surface area contributed by atoms with Gasteiger partial charge in [0.05, 0.1) is 16.9 Å². The maximum Gasteiger partial charge on any atom is 0.416 e. The van der Waals surface area contributed by atoms with Crippen LogP contribution >= 0.6 is 39.0 Å². The number of hydrogen-bond acceptors (Lipinski definition) is 6. The van der Waals surface area contributed by atoms with E-state index in [1.165, 1.54) is 12.1 Å². The molecule has 0 aliphatic rings. The molecule has 156 valence electrons. The zero-order chi connectivity index (χ0) is 21.7. The first-order valence-electron chi connectivity index (χ1n) is 8.21. The predicted molar refractivity (Wildman–Crippen MR) is 113 cm³/mol. The first-order chi connectivity index (χ1) is 14.2. The zero-order valence-corrected chi connectivity index (χ0v) is 18.1. The lowest BCUT2D eigenvalue weighted by Gasteiger charge is -2.08. The van der Waals surface area contributed by atoms with Crippen molar-refractivity contribution in [3.8, 4) is 0 Å². The number of amides is 2. The summed E-state index contributed by atoms with van der Waals surface area (Å²) in [6.45, 7) is 0. The van der Waals surface area contributed by atoms with Gasteiger partial charge in [-0.05, 0) is 52.3 Å². The van der Waals surface area contributed by atoms with Crippen molar-refractivity contribution < 1.29 is 22.8 Å². The van der Waals surface area contributed by atoms with Crippen LogP contribution in [-0.2, 0) is 11.0 Å². The van der Waals surface area contributed by atoms with E-state index in [9.17, 15) is 22.8 Å². The van der Waals surface area contributed by atoms with Crippen LogP contribution in [0.4, 0.5) is 24.0 Å². The van der Waals surface area contributed by atoms with Crippen molar-refractivity contribution in [2.75, 3.05) is 16.4 Å². The molecule has 12 heteroatoms. The number of carbonyl (C=O) groups is 2. The summed E-state index contributed by atoms with van der Waals surface area (Å²) in [6.07, 6.45) is -4.43. The number of anilines is 2. The van der Waals surface area contributed by atoms with Gasteiger partial charge in [0.2, 0.25) is 11.0 Å². The van der Waals surface area contributed by atoms with Gasteiger partial charge in [-0.3, -0.25) is 14.9 Å². The van der Waals surface area contributed by atoms with Crippen molar-refractivity contribution in [3.05, 3.63) is 64.1 Å². The first kappa shape index (κ1) is 22.2. The van der Waals surface area contributed by atoms with E-state index in [-0.39, 0.29) is 22.5 Å². The van der Waals surface area contributed by atoms with Crippen molar-refractivity contribution in [1.82, 2.24) is 10.2 Å². The van der Waals surface area contributed by atoms with Gasteiger partial charge in [-0.15, -0.1) is 10.2 Å². The Balaban J connectivity index is 1.51. The number of nitrogens with one attached hydrogen (secondary N) is 2. The van der Waals surface area contributed by atoms with Gasteiger partial charge >= 0.3 is 6.18 Å². The molecular formula is C18H12BrF3N4O2S2. The van der Waals surface area contributed by atoms with E-state index in [1.807, 2.05) is 0 Å². The number of thioether (sulfide) groups is 1. The Hall–Kier alpha value is -2.44. The highest BCUT2D eigenvalue weighted by Gasteiger charge is 2.30. The van der Waals surface area contributed by atoms with Gasteiger partial charge in [-0.25, -0.2) is 0 Å². The van der Waals surface area contributed by atoms with Crippen molar-refractivity contribution in [1.29, 1.82) is 0 Å². The fraction of sp³-hybridized carbons (Fsp3) is 0.111. The fourth-order valence-electron chi connectivity index (χ4n) is 2.20. The molecule has 0 unspecified atom stereocenters. The van der Waals surface area contributed by atoms with Gasteiger partial charge in [0.1, 0.15) is 0 Å². The van der Waals surface area contributed by atoms with Crippen molar-refractivity contribution in [2.24, 2.45) is 0 Å². The van der Waals surface area contributed by atoms with Gasteiger partial charge in [-0.1, -0.05) is 35.2 Å². The van der Waals surface area contributed by atoms with Crippen molar-refractivity contribution in [2.45, 2.75) is 10.5 Å². The molecule has 3 aromatic rings. The van der Waals surface area contributed by atoms with Crippen LogP contribution in [0.5, 0.6) is 0 Å². The largest absolute Gasteiger partial charge is 0.416 e. The average molecular weight is 517 g/mol. The molecule has 0 radical (unpaired) electrons. The van der Waals surface area contributed by atoms with E-state index in [0.29, 0.717) is 14.4 Å². The lowest BCUT2D eigenvalue weighted by Crippen LogP contribution is -2.14. The molecule has 2 N–H and O–H groups in total. The maximum atomic E-state index is 12.6. The maximum absolute atomic E-state index is 12.6. The molecule has 0 aliphatic heterocycles. The lowest BCUT2D eigenvalue weighted by molar-refractivity contribution is -0.137. The molecule has 1 heterocycles. The van der Waals surface area contributed by atoms with Gasteiger partial charge in [-0.2, -0.15) is 13.2 Å². The van der Waals surface area contributed by atoms with Crippen LogP contribution in [0.1, 0.15) is 15.9 Å². The number of benzene rings is 2. The second-order valence-corrected chi connectivity index (χ2v) is 8.77. The number of halogens is 4. The molecule has 6 nitrogen and oxygen atoms in total. The first-order valence-corrected chi connectivity index (χ1v) is 10.8. The Morgan fingerprint density at radius 1 is 1.03 bits per heavy atom. The third-order valence-electron chi connectivity index (χ3n) is 3.57. The van der Waals surface area contributed by atoms with Crippen molar-refractivity contribution in [3.63, 3.8) is 0 Å². The molecule has 0 atom stereocenters. The Morgan fingerprint density at radius 3 is 2.40 bits per heavy atom. The minimum absolute atomic E-state index is 0.0200. The van der Waals surface area contributed by atoms with Crippen LogP contribution < -0.4 is 10.6 Å². The van der Waals surface area contributed by atoms with E-state index in [0.717, 1.165) is 35.2 Å². The highest BCUT2D eigenvalue weighted by molar-refractivity contribution is 9.10. The number of alkyl halides is 3. The van der Waals surface area contributed by atoms with E-state index >= 15 is 0 Å². The van der Waals surface area contributed by atoms with E-state index in [1.54, 1.807) is 24.3 Å². The summed E-state index contributed by atoms with van der Waals surface area (Å²) >= 11 is 5.50. The number of aromatic nitrogens is 2. The molecule has 0 fully saturated rings. The van der Waals surface area contributed by atoms with Crippen LogP contribution in [0, 0.1) is 0 Å². The molecule has 2 aromatic carbocycles. The monoisotopic (exact) mass is 516 g/mol. The summed E-state index contributed by atoms with van der Waals surface area (Å²) in [5, 5.41) is 13.2. The number of hydrogen-bond donors (Lipinski definition) is 2. The summed E-state index contributed by atoms with van der Waals surface area (Å²) in [4.78, 5) is 24.3. The van der Waals surface area contributed by atoms with Crippen LogP contribution in [0.15, 0.2) is 57.3 Å². The minimum Gasteiger partial charge on any atom is -0.325 e. The smallest absolute Gasteiger partial charge is 0.325 e. The molecule has 1 aromatic heterocycles. The van der Waals surface area contributed by atoms with Crippen LogP contribution in [0.2, 0.25) is 0 Å². The minimum atomic E-state index is -4.43. The van der Waals surface area contributed by atoms with Crippen LogP contribution in [0.25, 0.3) is 0 Å². The zero-order valence-electron chi connectivity index (χ0n) is 14.9. The van der Waals surface area contributed by atoms with Crippen LogP contribution in [-0.4, -0.2) is 27.8 Å². The molecular weight excluding hydrogens is 505 g/mol. The number of rotatable bonds is 6. The summed E-state index contributed by atoms with van der Waals surface area (Å²) in [6, 6.07) is 11.1. The van der Waals surface area contributed by atoms with Gasteiger partial charge in [0, 0.05) is 10.2 Å². The highest BCUT2D eigenvalue weighted by Crippen LogP contribution is 2.30. The van der Waals surface area contributed by atoms with E-state index in [2.05, 4.69) is 36.8 Å². The highest BCUT2D eigenvalue weighted by atomic mass is 79.9. The molecule has 0 aliphatic carbocycles. The average Bonchev–Trinajstić information content (AvgIpc) is 3.14. The Morgan fingerprint density at radius 2 is 1.73 bits per heavy atom. The lowest BCUT2D eigenvalue weighted by atomic mass is 10.2. The third-order valence-corrected chi connectivity index (χ3v) is 6.23. The molecule has 0 saturated carbocycles. The number of nitrogens with zero attached hydrogens (tertiary/aromatic N) is 2. The quantitative estimate of drug-likeness (QED) is 0.343. The number of carbonyl (C=O) groups excluding carboxylic acids is 2. The normalized spacial score (nSPS) is 11.2. The second kappa shape index (κ2) is 9.58. The molecule has 30 heavy (non-hydrogen) atoms. The topological polar surface area (TPSA) is 84.0 Å². The third kappa shape index (κ3) is 6.03. The summed E-state index contributed by atoms with van der Waals surface area (Å²) in [5.74, 6) is -0.780.